The largest absolute Gasteiger partial charge is 0.404 e. The maximum atomic E-state index is 13.4. The van der Waals surface area contributed by atoms with Crippen LogP contribution in [0.3, 0.4) is 0 Å². The van der Waals surface area contributed by atoms with Crippen molar-refractivity contribution in [3.63, 3.8) is 0 Å². The summed E-state index contributed by atoms with van der Waals surface area (Å²) in [5, 5.41) is 2.97. The van der Waals surface area contributed by atoms with Gasteiger partial charge in [0.25, 0.3) is 5.91 Å². The number of amides is 1. The van der Waals surface area contributed by atoms with Crippen molar-refractivity contribution in [1.82, 2.24) is 10.2 Å². The number of halogens is 1. The lowest BCUT2D eigenvalue weighted by Crippen LogP contribution is -2.42. The summed E-state index contributed by atoms with van der Waals surface area (Å²) in [7, 11) is 3.38. The second kappa shape index (κ2) is 10.0. The van der Waals surface area contributed by atoms with Gasteiger partial charge in [-0.3, -0.25) is 9.79 Å². The minimum absolute atomic E-state index is 0.0773. The molecule has 5 N–H and O–H groups in total. The maximum Gasteiger partial charge on any atom is 0.269 e. The molecule has 2 aromatic carbocycles. The molecule has 1 aliphatic rings. The number of nitrogens with one attached hydrogen (secondary N) is 1. The SMILES string of the molecule is CN=CC(=CN)[C@H]1CN(C(=O)/C(=C/C(N)c2ccc(F)cc2)NC)Cc2ccccc21. The van der Waals surface area contributed by atoms with E-state index in [0.29, 0.717) is 18.8 Å². The summed E-state index contributed by atoms with van der Waals surface area (Å²) in [5.41, 5.74) is 16.3. The standard InChI is InChI=1S/C24H28FN5O/c1-28-13-18(12-26)21-15-30(14-17-5-3-4-6-20(17)21)24(31)23(29-2)11-22(27)16-7-9-19(25)10-8-16/h3-13,21-22,29H,14-15,26-27H2,1-2H3/b18-12?,23-11-,28-13?/t21-,22?/m1/s1. The zero-order valence-electron chi connectivity index (χ0n) is 17.8. The number of likely N-dealkylation sites (N-methyl/N-ethyl adjacent to an activating group) is 1. The Balaban J connectivity index is 1.90. The molecule has 0 aromatic heterocycles. The van der Waals surface area contributed by atoms with Crippen molar-refractivity contribution in [3.05, 3.63) is 94.6 Å². The number of aliphatic imine (C=N–C) groups is 1. The van der Waals surface area contributed by atoms with Crippen molar-refractivity contribution in [2.24, 2.45) is 16.5 Å². The van der Waals surface area contributed by atoms with Gasteiger partial charge < -0.3 is 21.7 Å². The Morgan fingerprint density at radius 2 is 1.97 bits per heavy atom. The van der Waals surface area contributed by atoms with Crippen LogP contribution in [0.25, 0.3) is 0 Å². The number of carbonyl (C=O) groups is 1. The molecule has 162 valence electrons. The van der Waals surface area contributed by atoms with Gasteiger partial charge >= 0.3 is 0 Å². The molecule has 0 spiro atoms. The summed E-state index contributed by atoms with van der Waals surface area (Å²) in [5.74, 6) is -0.571. The van der Waals surface area contributed by atoms with E-state index in [4.69, 9.17) is 11.5 Å². The highest BCUT2D eigenvalue weighted by Gasteiger charge is 2.31. The third kappa shape index (κ3) is 5.00. The van der Waals surface area contributed by atoms with Gasteiger partial charge in [0.1, 0.15) is 5.82 Å². The van der Waals surface area contributed by atoms with E-state index >= 15 is 0 Å². The van der Waals surface area contributed by atoms with Crippen LogP contribution in [-0.4, -0.2) is 37.7 Å². The van der Waals surface area contributed by atoms with E-state index in [1.165, 1.54) is 12.1 Å². The molecule has 1 amide bonds. The summed E-state index contributed by atoms with van der Waals surface area (Å²) >= 11 is 0. The zero-order chi connectivity index (χ0) is 22.4. The molecule has 0 saturated carbocycles. The third-order valence-electron chi connectivity index (χ3n) is 5.46. The average molecular weight is 422 g/mol. The first kappa shape index (κ1) is 22.2. The van der Waals surface area contributed by atoms with Crippen LogP contribution < -0.4 is 16.8 Å². The Hall–Kier alpha value is -3.45. The fraction of sp³-hybridized carbons (Fsp3) is 0.250. The molecule has 31 heavy (non-hydrogen) atoms. The number of hydrogen-bond donors (Lipinski definition) is 3. The lowest BCUT2D eigenvalue weighted by Gasteiger charge is -2.35. The van der Waals surface area contributed by atoms with Gasteiger partial charge in [0.15, 0.2) is 0 Å². The maximum absolute atomic E-state index is 13.4. The Kier molecular flexibility index (Phi) is 7.20. The molecular weight excluding hydrogens is 393 g/mol. The van der Waals surface area contributed by atoms with Crippen LogP contribution in [0.1, 0.15) is 28.7 Å². The minimum atomic E-state index is -0.549. The van der Waals surface area contributed by atoms with E-state index in [0.717, 1.165) is 22.3 Å². The predicted octanol–water partition coefficient (Wildman–Crippen LogP) is 2.60. The number of nitrogens with two attached hydrogens (primary N) is 2. The van der Waals surface area contributed by atoms with Gasteiger partial charge in [0.2, 0.25) is 0 Å². The smallest absolute Gasteiger partial charge is 0.269 e. The van der Waals surface area contributed by atoms with E-state index in [9.17, 15) is 9.18 Å². The molecule has 3 rings (SSSR count). The lowest BCUT2D eigenvalue weighted by molar-refractivity contribution is -0.128. The van der Waals surface area contributed by atoms with Crippen LogP contribution in [0.5, 0.6) is 0 Å². The Labute approximate surface area is 182 Å². The first-order valence-corrected chi connectivity index (χ1v) is 10.1. The fourth-order valence-electron chi connectivity index (χ4n) is 3.84. The Morgan fingerprint density at radius 1 is 1.26 bits per heavy atom. The number of fused-ring (bicyclic) bond motifs is 1. The van der Waals surface area contributed by atoms with E-state index in [1.54, 1.807) is 49.6 Å². The van der Waals surface area contributed by atoms with Gasteiger partial charge in [0, 0.05) is 39.3 Å². The second-order valence-electron chi connectivity index (χ2n) is 7.40. The van der Waals surface area contributed by atoms with Crippen LogP contribution in [0.15, 0.2) is 77.1 Å². The van der Waals surface area contributed by atoms with Gasteiger partial charge in [-0.1, -0.05) is 36.4 Å². The topological polar surface area (TPSA) is 96.7 Å². The molecular formula is C24H28FN5O. The summed E-state index contributed by atoms with van der Waals surface area (Å²) in [4.78, 5) is 19.3. The minimum Gasteiger partial charge on any atom is -0.404 e. The quantitative estimate of drug-likeness (QED) is 0.493. The van der Waals surface area contributed by atoms with Crippen LogP contribution >= 0.6 is 0 Å². The normalized spacial score (nSPS) is 18.1. The van der Waals surface area contributed by atoms with Crippen LogP contribution in [0.2, 0.25) is 0 Å². The zero-order valence-corrected chi connectivity index (χ0v) is 17.8. The molecule has 0 saturated heterocycles. The van der Waals surface area contributed by atoms with E-state index in [2.05, 4.69) is 16.4 Å². The van der Waals surface area contributed by atoms with Crippen molar-refractivity contribution in [2.75, 3.05) is 20.6 Å². The monoisotopic (exact) mass is 421 g/mol. The molecule has 2 atom stereocenters. The molecule has 0 radical (unpaired) electrons. The first-order chi connectivity index (χ1) is 15.0. The van der Waals surface area contributed by atoms with Crippen molar-refractivity contribution in [1.29, 1.82) is 0 Å². The van der Waals surface area contributed by atoms with Gasteiger partial charge in [-0.2, -0.15) is 0 Å². The van der Waals surface area contributed by atoms with E-state index < -0.39 is 6.04 Å². The fourth-order valence-corrected chi connectivity index (χ4v) is 3.84. The van der Waals surface area contributed by atoms with Gasteiger partial charge in [-0.15, -0.1) is 0 Å². The van der Waals surface area contributed by atoms with Crippen molar-refractivity contribution >= 4 is 12.1 Å². The summed E-state index contributed by atoms with van der Waals surface area (Å²) in [6.45, 7) is 0.952. The Bertz CT molecular complexity index is 1010. The van der Waals surface area contributed by atoms with Crippen molar-refractivity contribution < 1.29 is 9.18 Å². The summed E-state index contributed by atoms with van der Waals surface area (Å²) in [6.07, 6.45) is 4.94. The highest BCUT2D eigenvalue weighted by atomic mass is 19.1. The molecule has 6 nitrogen and oxygen atoms in total. The van der Waals surface area contributed by atoms with Crippen LogP contribution in [0, 0.1) is 5.82 Å². The van der Waals surface area contributed by atoms with Crippen LogP contribution in [-0.2, 0) is 11.3 Å². The molecule has 1 unspecified atom stereocenters. The summed E-state index contributed by atoms with van der Waals surface area (Å²) in [6, 6.07) is 13.4. The number of carbonyl (C=O) groups excluding carboxylic acids is 1. The molecule has 0 bridgehead atoms. The number of hydrogen-bond acceptors (Lipinski definition) is 5. The van der Waals surface area contributed by atoms with E-state index in [1.807, 2.05) is 18.2 Å². The first-order valence-electron chi connectivity index (χ1n) is 10.1. The summed E-state index contributed by atoms with van der Waals surface area (Å²) < 4.78 is 13.2. The molecule has 1 heterocycles. The molecule has 2 aromatic rings. The average Bonchev–Trinajstić information content (AvgIpc) is 2.80. The van der Waals surface area contributed by atoms with Gasteiger partial charge in [-0.25, -0.2) is 4.39 Å². The highest BCUT2D eigenvalue weighted by Crippen LogP contribution is 2.33. The molecule has 1 aliphatic heterocycles. The number of benzene rings is 2. The van der Waals surface area contributed by atoms with Crippen LogP contribution in [0.4, 0.5) is 4.39 Å². The second-order valence-corrected chi connectivity index (χ2v) is 7.40. The molecule has 0 fully saturated rings. The van der Waals surface area contributed by atoms with Gasteiger partial charge in [0.05, 0.1) is 11.7 Å². The predicted molar refractivity (Wildman–Crippen MR) is 122 cm³/mol. The third-order valence-corrected chi connectivity index (χ3v) is 5.46. The molecule has 7 heteroatoms. The number of nitrogens with zero attached hydrogens (tertiary/aromatic N) is 2. The highest BCUT2D eigenvalue weighted by molar-refractivity contribution is 5.93. The van der Waals surface area contributed by atoms with Crippen molar-refractivity contribution in [2.45, 2.75) is 18.5 Å². The molecule has 0 aliphatic carbocycles. The lowest BCUT2D eigenvalue weighted by atomic mass is 9.85. The Morgan fingerprint density at radius 3 is 2.61 bits per heavy atom. The van der Waals surface area contributed by atoms with Gasteiger partial charge in [-0.05, 0) is 46.7 Å². The van der Waals surface area contributed by atoms with E-state index in [-0.39, 0.29) is 17.6 Å². The van der Waals surface area contributed by atoms with Crippen molar-refractivity contribution in [3.8, 4) is 0 Å². The number of rotatable bonds is 6.